The first-order valence-electron chi connectivity index (χ1n) is 9.39. The minimum atomic E-state index is 0.0246. The molecular weight excluding hydrogens is 362 g/mol. The average molecular weight is 390 g/mol. The Bertz CT molecular complexity index is 731. The highest BCUT2D eigenvalue weighted by Crippen LogP contribution is 2.24. The molecule has 0 saturated carbocycles. The molecule has 0 aliphatic carbocycles. The van der Waals surface area contributed by atoms with Crippen LogP contribution in [0.1, 0.15) is 25.8 Å². The van der Waals surface area contributed by atoms with Crippen LogP contribution in [0.4, 0.5) is 5.95 Å². The minimum Gasteiger partial charge on any atom is -0.378 e. The van der Waals surface area contributed by atoms with Crippen LogP contribution in [-0.2, 0) is 16.1 Å². The van der Waals surface area contributed by atoms with Gasteiger partial charge < -0.3 is 15.0 Å². The van der Waals surface area contributed by atoms with E-state index < -0.39 is 0 Å². The van der Waals surface area contributed by atoms with Gasteiger partial charge in [0.25, 0.3) is 0 Å². The summed E-state index contributed by atoms with van der Waals surface area (Å²) in [4.78, 5) is 14.3. The Labute approximate surface area is 164 Å². The van der Waals surface area contributed by atoms with Gasteiger partial charge in [0.05, 0.1) is 25.5 Å². The molecule has 1 amide bonds. The Morgan fingerprint density at radius 2 is 2.00 bits per heavy atom. The van der Waals surface area contributed by atoms with Crippen molar-refractivity contribution in [2.45, 2.75) is 38.0 Å². The predicted octanol–water partition coefficient (Wildman–Crippen LogP) is 2.17. The fourth-order valence-electron chi connectivity index (χ4n) is 2.84. The lowest BCUT2D eigenvalue weighted by atomic mass is 10.2. The van der Waals surface area contributed by atoms with Crippen molar-refractivity contribution in [2.75, 3.05) is 37.0 Å². The number of benzene rings is 1. The molecule has 2 aromatic rings. The van der Waals surface area contributed by atoms with Gasteiger partial charge in [-0.3, -0.25) is 9.36 Å². The van der Waals surface area contributed by atoms with E-state index >= 15 is 0 Å². The molecule has 27 heavy (non-hydrogen) atoms. The van der Waals surface area contributed by atoms with Crippen LogP contribution in [0.3, 0.4) is 0 Å². The largest absolute Gasteiger partial charge is 0.378 e. The molecule has 1 fully saturated rings. The lowest BCUT2D eigenvalue weighted by molar-refractivity contribution is -0.119. The fourth-order valence-corrected chi connectivity index (χ4v) is 3.58. The standard InChI is InChI=1S/C19H27N5O2S/c1-3-15(2)20-17(25)14-27-19-22-21-18(23-9-11-26-12-10-23)24(19)13-16-7-5-4-6-8-16/h4-8,15H,3,9-14H2,1-2H3,(H,20,25)/t15-/m0/s1. The van der Waals surface area contributed by atoms with E-state index in [0.29, 0.717) is 25.5 Å². The maximum atomic E-state index is 12.1. The Balaban J connectivity index is 1.76. The summed E-state index contributed by atoms with van der Waals surface area (Å²) < 4.78 is 7.55. The van der Waals surface area contributed by atoms with Gasteiger partial charge in [-0.25, -0.2) is 0 Å². The summed E-state index contributed by atoms with van der Waals surface area (Å²) in [7, 11) is 0. The summed E-state index contributed by atoms with van der Waals surface area (Å²) in [6.07, 6.45) is 0.918. The summed E-state index contributed by atoms with van der Waals surface area (Å²) in [6, 6.07) is 10.4. The Kier molecular flexibility index (Phi) is 7.11. The second kappa shape index (κ2) is 9.75. The number of rotatable bonds is 8. The van der Waals surface area contributed by atoms with Gasteiger partial charge in [0.2, 0.25) is 11.9 Å². The topological polar surface area (TPSA) is 72.3 Å². The monoisotopic (exact) mass is 389 g/mol. The lowest BCUT2D eigenvalue weighted by Crippen LogP contribution is -2.38. The Morgan fingerprint density at radius 3 is 2.70 bits per heavy atom. The minimum absolute atomic E-state index is 0.0246. The van der Waals surface area contributed by atoms with Crippen LogP contribution in [0.15, 0.2) is 35.5 Å². The van der Waals surface area contributed by atoms with E-state index in [1.54, 1.807) is 0 Å². The molecular formula is C19H27N5O2S. The van der Waals surface area contributed by atoms with E-state index in [1.807, 2.05) is 25.1 Å². The smallest absolute Gasteiger partial charge is 0.230 e. The number of hydrogen-bond acceptors (Lipinski definition) is 6. The van der Waals surface area contributed by atoms with Crippen molar-refractivity contribution < 1.29 is 9.53 Å². The zero-order valence-electron chi connectivity index (χ0n) is 15.9. The van der Waals surface area contributed by atoms with E-state index in [4.69, 9.17) is 4.74 Å². The quantitative estimate of drug-likeness (QED) is 0.698. The highest BCUT2D eigenvalue weighted by atomic mass is 32.2. The van der Waals surface area contributed by atoms with Gasteiger partial charge in [-0.05, 0) is 18.9 Å². The molecule has 0 bridgehead atoms. The molecule has 1 aromatic carbocycles. The summed E-state index contributed by atoms with van der Waals surface area (Å²) in [6.45, 7) is 7.73. The lowest BCUT2D eigenvalue weighted by Gasteiger charge is -2.28. The number of thioether (sulfide) groups is 1. The molecule has 146 valence electrons. The van der Waals surface area contributed by atoms with Crippen molar-refractivity contribution in [3.63, 3.8) is 0 Å². The van der Waals surface area contributed by atoms with Crippen molar-refractivity contribution in [1.82, 2.24) is 20.1 Å². The van der Waals surface area contributed by atoms with Crippen LogP contribution in [0.25, 0.3) is 0 Å². The molecule has 1 atom stereocenters. The van der Waals surface area contributed by atoms with Crippen LogP contribution in [0.2, 0.25) is 0 Å². The highest BCUT2D eigenvalue weighted by molar-refractivity contribution is 7.99. The first-order chi connectivity index (χ1) is 13.2. The average Bonchev–Trinajstić information content (AvgIpc) is 3.10. The Morgan fingerprint density at radius 1 is 1.26 bits per heavy atom. The van der Waals surface area contributed by atoms with Crippen LogP contribution in [0.5, 0.6) is 0 Å². The summed E-state index contributed by atoms with van der Waals surface area (Å²) in [5.74, 6) is 1.20. The maximum absolute atomic E-state index is 12.1. The first kappa shape index (κ1) is 19.7. The number of amides is 1. The maximum Gasteiger partial charge on any atom is 0.230 e. The molecule has 0 radical (unpaired) electrons. The number of carbonyl (C=O) groups is 1. The van der Waals surface area contributed by atoms with Crippen molar-refractivity contribution in [1.29, 1.82) is 0 Å². The van der Waals surface area contributed by atoms with E-state index in [2.05, 4.69) is 44.0 Å². The molecule has 1 aromatic heterocycles. The summed E-state index contributed by atoms with van der Waals surface area (Å²) >= 11 is 1.43. The summed E-state index contributed by atoms with van der Waals surface area (Å²) in [5.41, 5.74) is 1.18. The number of anilines is 1. The van der Waals surface area contributed by atoms with Crippen molar-refractivity contribution >= 4 is 23.6 Å². The molecule has 2 heterocycles. The van der Waals surface area contributed by atoms with Crippen molar-refractivity contribution in [3.8, 4) is 0 Å². The molecule has 0 spiro atoms. The second-order valence-electron chi connectivity index (χ2n) is 6.62. The van der Waals surface area contributed by atoms with E-state index in [-0.39, 0.29) is 11.9 Å². The SMILES string of the molecule is CC[C@H](C)NC(=O)CSc1nnc(N2CCOCC2)n1Cc1ccccc1. The van der Waals surface area contributed by atoms with Gasteiger partial charge in [0, 0.05) is 19.1 Å². The summed E-state index contributed by atoms with van der Waals surface area (Å²) in [5, 5.41) is 12.6. The third-order valence-electron chi connectivity index (χ3n) is 4.53. The number of carbonyl (C=O) groups excluding carboxylic acids is 1. The number of ether oxygens (including phenoxy) is 1. The number of nitrogens with one attached hydrogen (secondary N) is 1. The second-order valence-corrected chi connectivity index (χ2v) is 7.56. The molecule has 7 nitrogen and oxygen atoms in total. The van der Waals surface area contributed by atoms with Gasteiger partial charge >= 0.3 is 0 Å². The number of morpholine rings is 1. The molecule has 1 saturated heterocycles. The van der Waals surface area contributed by atoms with Crippen LogP contribution in [0, 0.1) is 0 Å². The molecule has 1 aliphatic heterocycles. The first-order valence-corrected chi connectivity index (χ1v) is 10.4. The van der Waals surface area contributed by atoms with Crippen LogP contribution >= 0.6 is 11.8 Å². The molecule has 3 rings (SSSR count). The number of aromatic nitrogens is 3. The normalized spacial score (nSPS) is 15.6. The molecule has 8 heteroatoms. The van der Waals surface area contributed by atoms with Crippen molar-refractivity contribution in [2.24, 2.45) is 0 Å². The molecule has 1 N–H and O–H groups in total. The van der Waals surface area contributed by atoms with Gasteiger partial charge in [-0.15, -0.1) is 10.2 Å². The number of hydrogen-bond donors (Lipinski definition) is 1. The zero-order chi connectivity index (χ0) is 19.1. The Hall–Kier alpha value is -2.06. The van der Waals surface area contributed by atoms with E-state index in [1.165, 1.54) is 17.3 Å². The fraction of sp³-hybridized carbons (Fsp3) is 0.526. The molecule has 0 unspecified atom stereocenters. The van der Waals surface area contributed by atoms with Gasteiger partial charge in [0.1, 0.15) is 0 Å². The van der Waals surface area contributed by atoms with Gasteiger partial charge in [-0.2, -0.15) is 0 Å². The third kappa shape index (κ3) is 5.46. The van der Waals surface area contributed by atoms with E-state index in [9.17, 15) is 4.79 Å². The van der Waals surface area contributed by atoms with E-state index in [0.717, 1.165) is 30.6 Å². The zero-order valence-corrected chi connectivity index (χ0v) is 16.7. The van der Waals surface area contributed by atoms with Crippen molar-refractivity contribution in [3.05, 3.63) is 35.9 Å². The predicted molar refractivity (Wildman–Crippen MR) is 107 cm³/mol. The highest BCUT2D eigenvalue weighted by Gasteiger charge is 2.21. The van der Waals surface area contributed by atoms with Crippen LogP contribution in [-0.4, -0.2) is 58.8 Å². The van der Waals surface area contributed by atoms with Gasteiger partial charge in [-0.1, -0.05) is 49.0 Å². The number of nitrogens with zero attached hydrogens (tertiary/aromatic N) is 4. The van der Waals surface area contributed by atoms with Crippen LogP contribution < -0.4 is 10.2 Å². The third-order valence-corrected chi connectivity index (χ3v) is 5.49. The molecule has 1 aliphatic rings. The van der Waals surface area contributed by atoms with Gasteiger partial charge in [0.15, 0.2) is 5.16 Å².